The first-order valence-corrected chi connectivity index (χ1v) is 5.59. The quantitative estimate of drug-likeness (QED) is 0.457. The van der Waals surface area contributed by atoms with E-state index < -0.39 is 0 Å². The van der Waals surface area contributed by atoms with Crippen LogP contribution in [-0.4, -0.2) is 21.7 Å². The summed E-state index contributed by atoms with van der Waals surface area (Å²) >= 11 is 9.53. The molecular weight excluding hydrogens is 163 g/mol. The summed E-state index contributed by atoms with van der Waals surface area (Å²) in [4.78, 5) is 0. The molecule has 0 saturated heterocycles. The average molecular weight is 175 g/mol. The topological polar surface area (TPSA) is 9.23 Å². The van der Waals surface area contributed by atoms with E-state index in [2.05, 4.69) is 6.55 Å². The van der Waals surface area contributed by atoms with Crippen LogP contribution in [0.1, 0.15) is 6.92 Å². The minimum Gasteiger partial charge on any atom is -0.425 e. The van der Waals surface area contributed by atoms with Crippen LogP contribution in [0.3, 0.4) is 0 Å². The maximum Gasteiger partial charge on any atom is 0.158 e. The van der Waals surface area contributed by atoms with Crippen LogP contribution in [0, 0.1) is 0 Å². The Bertz CT molecular complexity index is 28.0. The Balaban J connectivity index is 0. The van der Waals surface area contributed by atoms with Crippen molar-refractivity contribution in [1.82, 2.24) is 0 Å². The van der Waals surface area contributed by atoms with Gasteiger partial charge in [-0.3, -0.25) is 0 Å². The van der Waals surface area contributed by atoms with Gasteiger partial charge in [0.1, 0.15) is 0 Å². The van der Waals surface area contributed by atoms with Crippen LogP contribution < -0.4 is 0 Å². The highest BCUT2D eigenvalue weighted by Crippen LogP contribution is 1.73. The van der Waals surface area contributed by atoms with Crippen LogP contribution in [0.4, 0.5) is 0 Å². The van der Waals surface area contributed by atoms with E-state index in [-0.39, 0.29) is 15.1 Å². The highest BCUT2D eigenvalue weighted by Gasteiger charge is 1.65. The monoisotopic (exact) mass is 174 g/mol. The Labute approximate surface area is 63.3 Å². The van der Waals surface area contributed by atoms with E-state index in [0.717, 1.165) is 6.61 Å². The Hall–Kier alpha value is 0.757. The summed E-state index contributed by atoms with van der Waals surface area (Å²) in [5.74, 6) is 0. The second-order valence-corrected chi connectivity index (χ2v) is 2.68. The lowest BCUT2D eigenvalue weighted by atomic mass is 10.9. The lowest BCUT2D eigenvalue weighted by molar-refractivity contribution is 0.364. The second-order valence-electron chi connectivity index (χ2n) is 0.882. The predicted octanol–water partition coefficient (Wildman–Crippen LogP) is 1.58. The fourth-order valence-corrected chi connectivity index (χ4v) is 0.612. The zero-order valence-corrected chi connectivity index (χ0v) is 8.21. The van der Waals surface area contributed by atoms with Crippen LogP contribution in [0.25, 0.3) is 0 Å². The van der Waals surface area contributed by atoms with Gasteiger partial charge in [-0.25, -0.2) is 0 Å². The Kier molecular flexibility index (Phi) is 22.6. The van der Waals surface area contributed by atoms with E-state index >= 15 is 0 Å². The molecule has 0 aromatic heterocycles. The molecule has 0 aliphatic carbocycles. The summed E-state index contributed by atoms with van der Waals surface area (Å²) in [6.07, 6.45) is 0. The number of alkyl halides is 2. The van der Waals surface area contributed by atoms with Crippen molar-refractivity contribution in [3.8, 4) is 0 Å². The lowest BCUT2D eigenvalue weighted by Gasteiger charge is -1.86. The zero-order valence-electron chi connectivity index (χ0n) is 5.29. The van der Waals surface area contributed by atoms with Gasteiger partial charge in [-0.1, -0.05) is 6.55 Å². The third kappa shape index (κ3) is 29.5. The number of hydrogen-bond acceptors (Lipinski definition) is 1. The molecule has 52 valence electrons. The maximum absolute atomic E-state index is 4.97. The SMILES string of the molecule is CCO[SiH2]C.ClCCl. The van der Waals surface area contributed by atoms with Gasteiger partial charge >= 0.3 is 0 Å². The number of halogens is 2. The molecule has 0 saturated carbocycles. The van der Waals surface area contributed by atoms with Crippen LogP contribution in [0.5, 0.6) is 0 Å². The molecule has 0 bridgehead atoms. The molecule has 0 unspecified atom stereocenters. The summed E-state index contributed by atoms with van der Waals surface area (Å²) in [5.41, 5.74) is 0. The maximum atomic E-state index is 4.97. The number of hydrogen-bond donors (Lipinski definition) is 0. The van der Waals surface area contributed by atoms with Gasteiger partial charge in [-0.05, 0) is 6.92 Å². The molecule has 0 aromatic rings. The highest BCUT2D eigenvalue weighted by atomic mass is 35.5. The van der Waals surface area contributed by atoms with Crippen LogP contribution >= 0.6 is 23.2 Å². The van der Waals surface area contributed by atoms with Crippen molar-refractivity contribution in [1.29, 1.82) is 0 Å². The second kappa shape index (κ2) is 15.7. The fourth-order valence-electron chi connectivity index (χ4n) is 0.204. The Morgan fingerprint density at radius 1 is 1.50 bits per heavy atom. The minimum atomic E-state index is -0.0860. The van der Waals surface area contributed by atoms with Gasteiger partial charge < -0.3 is 4.43 Å². The van der Waals surface area contributed by atoms with Gasteiger partial charge in [0.2, 0.25) is 0 Å². The average Bonchev–Trinajstić information content (AvgIpc) is 1.71. The molecule has 0 spiro atoms. The molecule has 1 nitrogen and oxygen atoms in total. The molecular formula is C4H12Cl2OSi. The third-order valence-corrected chi connectivity index (χ3v) is 1.22. The zero-order chi connectivity index (χ0) is 6.83. The molecule has 0 heterocycles. The van der Waals surface area contributed by atoms with Crippen LogP contribution in [0.15, 0.2) is 0 Å². The van der Waals surface area contributed by atoms with Gasteiger partial charge in [0.05, 0.1) is 5.34 Å². The van der Waals surface area contributed by atoms with Gasteiger partial charge in [-0.2, -0.15) is 0 Å². The summed E-state index contributed by atoms with van der Waals surface area (Å²) in [6, 6.07) is 0. The Morgan fingerprint density at radius 2 is 1.88 bits per heavy atom. The van der Waals surface area contributed by atoms with E-state index in [4.69, 9.17) is 27.6 Å². The van der Waals surface area contributed by atoms with E-state index in [1.165, 1.54) is 0 Å². The van der Waals surface area contributed by atoms with Crippen molar-refractivity contribution in [3.63, 3.8) is 0 Å². The van der Waals surface area contributed by atoms with E-state index in [1.54, 1.807) is 0 Å². The smallest absolute Gasteiger partial charge is 0.158 e. The Morgan fingerprint density at radius 3 is 1.88 bits per heavy atom. The summed E-state index contributed by atoms with van der Waals surface area (Å²) in [5, 5.41) is 0.194. The molecule has 0 amide bonds. The molecule has 8 heavy (non-hydrogen) atoms. The molecule has 0 atom stereocenters. The van der Waals surface area contributed by atoms with Crippen molar-refractivity contribution >= 4 is 33.0 Å². The molecule has 0 rings (SSSR count). The van der Waals surface area contributed by atoms with E-state index in [9.17, 15) is 0 Å². The predicted molar refractivity (Wildman–Crippen MR) is 42.6 cm³/mol. The minimum absolute atomic E-state index is 0.0860. The first-order valence-electron chi connectivity index (χ1n) is 2.53. The normalized spacial score (nSPS) is 9.00. The van der Waals surface area contributed by atoms with E-state index in [1.807, 2.05) is 6.92 Å². The van der Waals surface area contributed by atoms with Gasteiger partial charge in [0.15, 0.2) is 9.76 Å². The third-order valence-electron chi connectivity index (χ3n) is 0.408. The van der Waals surface area contributed by atoms with Gasteiger partial charge in [0.25, 0.3) is 0 Å². The lowest BCUT2D eigenvalue weighted by Crippen LogP contribution is -1.88. The van der Waals surface area contributed by atoms with Gasteiger partial charge in [0, 0.05) is 6.61 Å². The van der Waals surface area contributed by atoms with Gasteiger partial charge in [-0.15, -0.1) is 23.2 Å². The van der Waals surface area contributed by atoms with E-state index in [0.29, 0.717) is 0 Å². The molecule has 0 N–H and O–H groups in total. The van der Waals surface area contributed by atoms with Crippen molar-refractivity contribution in [2.45, 2.75) is 13.5 Å². The van der Waals surface area contributed by atoms with Crippen LogP contribution in [-0.2, 0) is 4.43 Å². The van der Waals surface area contributed by atoms with Crippen molar-refractivity contribution in [3.05, 3.63) is 0 Å². The first kappa shape index (κ1) is 11.5. The summed E-state index contributed by atoms with van der Waals surface area (Å²) in [7, 11) is -0.0860. The largest absolute Gasteiger partial charge is 0.425 e. The summed E-state index contributed by atoms with van der Waals surface area (Å²) in [6.45, 7) is 5.06. The first-order chi connectivity index (χ1) is 3.83. The standard InChI is InChI=1S/C3H10OSi.CH2Cl2/c1-3-4-5-2;2-1-3/h3,5H2,1-2H3;1H2. The van der Waals surface area contributed by atoms with Crippen LogP contribution in [0.2, 0.25) is 6.55 Å². The molecule has 0 aromatic carbocycles. The highest BCUT2D eigenvalue weighted by molar-refractivity contribution is 6.40. The summed E-state index contributed by atoms with van der Waals surface area (Å²) < 4.78 is 4.97. The van der Waals surface area contributed by atoms with Crippen molar-refractivity contribution < 1.29 is 4.43 Å². The molecule has 0 radical (unpaired) electrons. The molecule has 0 aliphatic heterocycles. The molecule has 0 fully saturated rings. The van der Waals surface area contributed by atoms with Crippen molar-refractivity contribution in [2.24, 2.45) is 0 Å². The van der Waals surface area contributed by atoms with Crippen molar-refractivity contribution in [2.75, 3.05) is 11.9 Å². The molecule has 4 heteroatoms. The fraction of sp³-hybridized carbons (Fsp3) is 1.00. The number of rotatable bonds is 2. The molecule has 0 aliphatic rings.